The second-order valence-electron chi connectivity index (χ2n) is 5.45. The van der Waals surface area contributed by atoms with Crippen molar-refractivity contribution in [2.24, 2.45) is 0 Å². The molecule has 0 spiro atoms. The van der Waals surface area contributed by atoms with E-state index in [4.69, 9.17) is 0 Å². The van der Waals surface area contributed by atoms with Crippen LogP contribution in [0.3, 0.4) is 0 Å². The molecule has 3 rings (SSSR count). The first-order valence-electron chi connectivity index (χ1n) is 7.53. The zero-order chi connectivity index (χ0) is 16.6. The smallest absolute Gasteiger partial charge is 0.312 e. The Balaban J connectivity index is 2.26. The molecule has 1 aromatic carbocycles. The molecule has 1 fully saturated rings. The normalized spacial score (nSPS) is 15.3. The van der Waals surface area contributed by atoms with Gasteiger partial charge in [0.15, 0.2) is 5.52 Å². The van der Waals surface area contributed by atoms with Gasteiger partial charge in [0, 0.05) is 37.2 Å². The van der Waals surface area contributed by atoms with Gasteiger partial charge in [-0.05, 0) is 44.3 Å². The maximum absolute atomic E-state index is 11.5. The van der Waals surface area contributed by atoms with E-state index in [2.05, 4.69) is 58.6 Å². The summed E-state index contributed by atoms with van der Waals surface area (Å²) in [6, 6.07) is 1.90. The highest BCUT2D eigenvalue weighted by Crippen LogP contribution is 2.40. The molecule has 23 heavy (non-hydrogen) atoms. The Morgan fingerprint density at radius 3 is 2.70 bits per heavy atom. The van der Waals surface area contributed by atoms with Crippen molar-refractivity contribution in [3.05, 3.63) is 25.1 Å². The van der Waals surface area contributed by atoms with Crippen LogP contribution in [0.5, 0.6) is 0 Å². The molecule has 2 aromatic rings. The number of aryl methyl sites for hydroxylation is 1. The lowest BCUT2D eigenvalue weighted by atomic mass is 10.2. The fourth-order valence-electron chi connectivity index (χ4n) is 2.89. The lowest BCUT2D eigenvalue weighted by Gasteiger charge is -2.28. The summed E-state index contributed by atoms with van der Waals surface area (Å²) in [4.78, 5) is 18.0. The van der Waals surface area contributed by atoms with Crippen LogP contribution in [-0.4, -0.2) is 40.7 Å². The van der Waals surface area contributed by atoms with Gasteiger partial charge in [0.05, 0.1) is 10.4 Å². The molecule has 0 saturated carbocycles. The van der Waals surface area contributed by atoms with E-state index in [1.807, 2.05) is 6.07 Å². The number of benzene rings is 1. The van der Waals surface area contributed by atoms with Gasteiger partial charge in [-0.1, -0.05) is 6.92 Å². The van der Waals surface area contributed by atoms with Crippen molar-refractivity contribution in [1.82, 2.24) is 14.9 Å². The molecule has 1 saturated heterocycles. The van der Waals surface area contributed by atoms with E-state index in [9.17, 15) is 10.1 Å². The summed E-state index contributed by atoms with van der Waals surface area (Å²) < 4.78 is 3.19. The summed E-state index contributed by atoms with van der Waals surface area (Å²) >= 11 is 6.72. The Morgan fingerprint density at radius 2 is 2.09 bits per heavy atom. The molecule has 9 heteroatoms. The van der Waals surface area contributed by atoms with Gasteiger partial charge in [0.1, 0.15) is 4.47 Å². The Bertz CT molecular complexity index is 755. The quantitative estimate of drug-likeness (QED) is 0.576. The summed E-state index contributed by atoms with van der Waals surface area (Å²) in [7, 11) is 0. The average Bonchev–Trinajstić information content (AvgIpc) is 2.87. The molecule has 0 atom stereocenters. The lowest BCUT2D eigenvalue weighted by Crippen LogP contribution is -2.44. The van der Waals surface area contributed by atoms with E-state index in [1.54, 1.807) is 0 Å². The first-order chi connectivity index (χ1) is 11.0. The summed E-state index contributed by atoms with van der Waals surface area (Å²) in [5.74, 6) is 0.816. The van der Waals surface area contributed by atoms with Crippen LogP contribution in [0.2, 0.25) is 0 Å². The van der Waals surface area contributed by atoms with Crippen molar-refractivity contribution in [2.75, 3.05) is 31.1 Å². The Hall–Kier alpha value is -1.19. The Labute approximate surface area is 150 Å². The first kappa shape index (κ1) is 16.7. The zero-order valence-corrected chi connectivity index (χ0v) is 15.9. The standard InChI is InChI=1S/C14H17Br2N5O2/c1-2-5-20-10-8-9(15)11(16)13(21(22)23)12(10)18-14(20)19-6-3-17-4-7-19/h8,17H,2-7H2,1H3. The number of anilines is 1. The number of hydrogen-bond donors (Lipinski definition) is 1. The van der Waals surface area contributed by atoms with Crippen LogP contribution in [0.4, 0.5) is 11.6 Å². The molecular weight excluding hydrogens is 430 g/mol. The van der Waals surface area contributed by atoms with E-state index in [0.29, 0.717) is 14.5 Å². The first-order valence-corrected chi connectivity index (χ1v) is 9.11. The maximum Gasteiger partial charge on any atom is 0.312 e. The van der Waals surface area contributed by atoms with Crippen molar-refractivity contribution in [3.8, 4) is 0 Å². The SMILES string of the molecule is CCCn1c(N2CCNCC2)nc2c([N+](=O)[O-])c(Br)c(Br)cc21. The van der Waals surface area contributed by atoms with E-state index in [0.717, 1.165) is 50.6 Å². The minimum Gasteiger partial charge on any atom is -0.340 e. The van der Waals surface area contributed by atoms with Gasteiger partial charge in [-0.2, -0.15) is 0 Å². The molecule has 1 N–H and O–H groups in total. The van der Waals surface area contributed by atoms with Gasteiger partial charge in [-0.25, -0.2) is 4.98 Å². The number of nitrogens with zero attached hydrogens (tertiary/aromatic N) is 4. The van der Waals surface area contributed by atoms with Crippen LogP contribution >= 0.6 is 31.9 Å². The van der Waals surface area contributed by atoms with E-state index in [1.165, 1.54) is 0 Å². The summed E-state index contributed by atoms with van der Waals surface area (Å²) in [6.07, 6.45) is 0.937. The number of nitro groups is 1. The van der Waals surface area contributed by atoms with E-state index < -0.39 is 0 Å². The number of nitro benzene ring substituents is 1. The summed E-state index contributed by atoms with van der Waals surface area (Å²) in [6.45, 7) is 6.36. The summed E-state index contributed by atoms with van der Waals surface area (Å²) in [5, 5.41) is 14.8. The van der Waals surface area contributed by atoms with Crippen LogP contribution in [0.1, 0.15) is 13.3 Å². The molecule has 1 aromatic heterocycles. The van der Waals surface area contributed by atoms with Crippen molar-refractivity contribution in [2.45, 2.75) is 19.9 Å². The third kappa shape index (κ3) is 2.97. The zero-order valence-electron chi connectivity index (χ0n) is 12.7. The van der Waals surface area contributed by atoms with Crippen LogP contribution in [0, 0.1) is 10.1 Å². The molecule has 1 aliphatic rings. The molecule has 0 amide bonds. The van der Waals surface area contributed by atoms with Crippen LogP contribution < -0.4 is 10.2 Å². The number of rotatable bonds is 4. The fraction of sp³-hybridized carbons (Fsp3) is 0.500. The average molecular weight is 447 g/mol. The topological polar surface area (TPSA) is 76.2 Å². The molecular formula is C14H17Br2N5O2. The third-order valence-electron chi connectivity index (χ3n) is 3.92. The number of hydrogen-bond acceptors (Lipinski definition) is 5. The highest BCUT2D eigenvalue weighted by molar-refractivity contribution is 9.13. The molecule has 2 heterocycles. The van der Waals surface area contributed by atoms with Crippen LogP contribution in [0.15, 0.2) is 15.0 Å². The van der Waals surface area contributed by atoms with Crippen molar-refractivity contribution < 1.29 is 4.92 Å². The molecule has 7 nitrogen and oxygen atoms in total. The maximum atomic E-state index is 11.5. The number of aromatic nitrogens is 2. The molecule has 124 valence electrons. The van der Waals surface area contributed by atoms with Crippen LogP contribution in [-0.2, 0) is 6.54 Å². The van der Waals surface area contributed by atoms with Gasteiger partial charge in [0.25, 0.3) is 0 Å². The molecule has 1 aliphatic heterocycles. The van der Waals surface area contributed by atoms with Gasteiger partial charge < -0.3 is 14.8 Å². The predicted molar refractivity (Wildman–Crippen MR) is 97.2 cm³/mol. The molecule has 0 bridgehead atoms. The van der Waals surface area contributed by atoms with E-state index >= 15 is 0 Å². The molecule has 0 aliphatic carbocycles. The summed E-state index contributed by atoms with van der Waals surface area (Å²) in [5.41, 5.74) is 1.25. The van der Waals surface area contributed by atoms with E-state index in [-0.39, 0.29) is 10.6 Å². The number of nitrogens with one attached hydrogen (secondary N) is 1. The number of piperazine rings is 1. The number of halogens is 2. The monoisotopic (exact) mass is 445 g/mol. The number of fused-ring (bicyclic) bond motifs is 1. The lowest BCUT2D eigenvalue weighted by molar-refractivity contribution is -0.384. The van der Waals surface area contributed by atoms with Gasteiger partial charge in [0.2, 0.25) is 5.95 Å². The largest absolute Gasteiger partial charge is 0.340 e. The highest BCUT2D eigenvalue weighted by Gasteiger charge is 2.27. The van der Waals surface area contributed by atoms with Gasteiger partial charge in [-0.3, -0.25) is 10.1 Å². The molecule has 0 unspecified atom stereocenters. The predicted octanol–water partition coefficient (Wildman–Crippen LogP) is 3.29. The minimum absolute atomic E-state index is 0.0145. The molecule has 0 radical (unpaired) electrons. The van der Waals surface area contributed by atoms with Crippen LogP contribution in [0.25, 0.3) is 11.0 Å². The minimum atomic E-state index is -0.373. The third-order valence-corrected chi connectivity index (χ3v) is 5.88. The van der Waals surface area contributed by atoms with Crippen molar-refractivity contribution in [1.29, 1.82) is 0 Å². The second-order valence-corrected chi connectivity index (χ2v) is 7.09. The van der Waals surface area contributed by atoms with Crippen molar-refractivity contribution >= 4 is 54.5 Å². The second kappa shape index (κ2) is 6.74. The van der Waals surface area contributed by atoms with Gasteiger partial charge in [-0.15, -0.1) is 0 Å². The highest BCUT2D eigenvalue weighted by atomic mass is 79.9. The van der Waals surface area contributed by atoms with Gasteiger partial charge >= 0.3 is 5.69 Å². The Morgan fingerprint density at radius 1 is 1.39 bits per heavy atom. The fourth-order valence-corrected chi connectivity index (χ4v) is 3.74. The van der Waals surface area contributed by atoms with Crippen molar-refractivity contribution in [3.63, 3.8) is 0 Å². The number of imidazole rings is 1. The Kier molecular flexibility index (Phi) is 4.88.